The summed E-state index contributed by atoms with van der Waals surface area (Å²) in [6.07, 6.45) is 1.09. The lowest BCUT2D eigenvalue weighted by atomic mass is 10.4. The van der Waals surface area contributed by atoms with Crippen LogP contribution >= 0.6 is 11.6 Å². The van der Waals surface area contributed by atoms with Gasteiger partial charge in [0.25, 0.3) is 0 Å². The second-order valence-corrected chi connectivity index (χ2v) is 3.79. The van der Waals surface area contributed by atoms with Gasteiger partial charge < -0.3 is 9.64 Å². The highest BCUT2D eigenvalue weighted by Crippen LogP contribution is 2.25. The first-order chi connectivity index (χ1) is 7.50. The average molecular weight is 246 g/mol. The summed E-state index contributed by atoms with van der Waals surface area (Å²) in [4.78, 5) is 15.6. The minimum Gasteiger partial charge on any atom is -0.476 e. The number of aromatic nitrogens is 1. The van der Waals surface area contributed by atoms with Crippen molar-refractivity contribution >= 4 is 17.3 Å². The van der Waals surface area contributed by atoms with Gasteiger partial charge >= 0.3 is 5.69 Å². The van der Waals surface area contributed by atoms with Gasteiger partial charge in [0.05, 0.1) is 4.92 Å². The van der Waals surface area contributed by atoms with E-state index in [1.165, 1.54) is 6.07 Å². The Balaban J connectivity index is 2.63. The summed E-state index contributed by atoms with van der Waals surface area (Å²) in [5, 5.41) is 10.5. The number of hydrogen-bond donors (Lipinski definition) is 0. The molecule has 0 N–H and O–H groups in total. The lowest BCUT2D eigenvalue weighted by Crippen LogP contribution is -2.19. The smallest absolute Gasteiger partial charge is 0.306 e. The van der Waals surface area contributed by atoms with Crippen molar-refractivity contribution in [3.63, 3.8) is 0 Å². The molecule has 1 heterocycles. The van der Waals surface area contributed by atoms with E-state index in [9.17, 15) is 10.1 Å². The molecule has 0 radical (unpaired) electrons. The van der Waals surface area contributed by atoms with Crippen molar-refractivity contribution in [1.29, 1.82) is 0 Å². The summed E-state index contributed by atoms with van der Waals surface area (Å²) in [6.45, 7) is 1.18. The van der Waals surface area contributed by atoms with Crippen LogP contribution in [-0.4, -0.2) is 42.1 Å². The summed E-state index contributed by atoms with van der Waals surface area (Å²) in [5.41, 5.74) is -0.221. The molecule has 0 saturated carbocycles. The molecular formula is C9H12ClN3O3. The van der Waals surface area contributed by atoms with Crippen molar-refractivity contribution in [3.05, 3.63) is 27.4 Å². The van der Waals surface area contributed by atoms with Gasteiger partial charge in [-0.1, -0.05) is 11.6 Å². The molecule has 7 heteroatoms. The molecule has 0 amide bonds. The van der Waals surface area contributed by atoms with Crippen molar-refractivity contribution in [2.45, 2.75) is 0 Å². The van der Waals surface area contributed by atoms with Gasteiger partial charge in [-0.05, 0) is 14.1 Å². The first-order valence-electron chi connectivity index (χ1n) is 4.58. The topological polar surface area (TPSA) is 68.5 Å². The zero-order valence-electron chi connectivity index (χ0n) is 9.01. The third-order valence-electron chi connectivity index (χ3n) is 1.79. The van der Waals surface area contributed by atoms with Crippen molar-refractivity contribution < 1.29 is 9.66 Å². The molecule has 88 valence electrons. The highest BCUT2D eigenvalue weighted by molar-refractivity contribution is 6.32. The largest absolute Gasteiger partial charge is 0.476 e. The fraction of sp³-hybridized carbons (Fsp3) is 0.444. The van der Waals surface area contributed by atoms with Crippen LogP contribution in [0.2, 0.25) is 5.02 Å². The number of ether oxygens (including phenoxy) is 1. The van der Waals surface area contributed by atoms with Crippen molar-refractivity contribution in [1.82, 2.24) is 9.88 Å². The van der Waals surface area contributed by atoms with Crippen molar-refractivity contribution in [2.75, 3.05) is 27.2 Å². The second kappa shape index (κ2) is 5.62. The minimum absolute atomic E-state index is 0.0276. The molecule has 0 saturated heterocycles. The summed E-state index contributed by atoms with van der Waals surface area (Å²) in [7, 11) is 3.83. The van der Waals surface area contributed by atoms with Crippen molar-refractivity contribution in [3.8, 4) is 5.88 Å². The van der Waals surface area contributed by atoms with Gasteiger partial charge in [0.15, 0.2) is 0 Å². The number of halogens is 1. The van der Waals surface area contributed by atoms with Crippen LogP contribution in [0.3, 0.4) is 0 Å². The molecule has 0 aliphatic rings. The quantitative estimate of drug-likeness (QED) is 0.582. The zero-order valence-corrected chi connectivity index (χ0v) is 9.77. The number of nitro groups is 1. The van der Waals surface area contributed by atoms with Gasteiger partial charge in [0.1, 0.15) is 17.8 Å². The van der Waals surface area contributed by atoms with Crippen LogP contribution in [0.1, 0.15) is 0 Å². The second-order valence-electron chi connectivity index (χ2n) is 3.38. The third kappa shape index (κ3) is 3.63. The third-order valence-corrected chi connectivity index (χ3v) is 2.10. The molecule has 16 heavy (non-hydrogen) atoms. The predicted molar refractivity (Wildman–Crippen MR) is 60.0 cm³/mol. The Morgan fingerprint density at radius 1 is 1.62 bits per heavy atom. The Hall–Kier alpha value is -1.40. The number of pyridine rings is 1. The molecular weight excluding hydrogens is 234 g/mol. The van der Waals surface area contributed by atoms with E-state index in [-0.39, 0.29) is 16.6 Å². The molecule has 0 aliphatic carbocycles. The molecule has 1 rings (SSSR count). The summed E-state index contributed by atoms with van der Waals surface area (Å²) >= 11 is 5.69. The molecule has 0 aliphatic heterocycles. The van der Waals surface area contributed by atoms with Gasteiger partial charge in [0, 0.05) is 12.6 Å². The van der Waals surface area contributed by atoms with E-state index in [1.54, 1.807) is 0 Å². The van der Waals surface area contributed by atoms with Crippen LogP contribution in [0.25, 0.3) is 0 Å². The van der Waals surface area contributed by atoms with E-state index in [0.717, 1.165) is 12.7 Å². The van der Waals surface area contributed by atoms with E-state index < -0.39 is 4.92 Å². The van der Waals surface area contributed by atoms with Crippen molar-refractivity contribution in [2.24, 2.45) is 0 Å². The first-order valence-corrected chi connectivity index (χ1v) is 4.96. The van der Waals surface area contributed by atoms with Crippen LogP contribution in [0.5, 0.6) is 5.88 Å². The highest BCUT2D eigenvalue weighted by atomic mass is 35.5. The van der Waals surface area contributed by atoms with Crippen LogP contribution in [0, 0.1) is 10.1 Å². The molecule has 0 aromatic carbocycles. The molecule has 0 bridgehead atoms. The maximum atomic E-state index is 10.5. The molecule has 0 spiro atoms. The zero-order chi connectivity index (χ0) is 12.1. The maximum absolute atomic E-state index is 10.5. The fourth-order valence-electron chi connectivity index (χ4n) is 0.952. The Bertz CT molecular complexity index is 384. The Labute approximate surface area is 97.9 Å². The van der Waals surface area contributed by atoms with Gasteiger partial charge in [-0.25, -0.2) is 4.98 Å². The molecule has 1 aromatic heterocycles. The summed E-state index contributed by atoms with van der Waals surface area (Å²) < 4.78 is 5.27. The minimum atomic E-state index is -0.584. The summed E-state index contributed by atoms with van der Waals surface area (Å²) in [6, 6.07) is 1.34. The molecule has 1 aromatic rings. The van der Waals surface area contributed by atoms with Gasteiger partial charge in [-0.15, -0.1) is 0 Å². The Morgan fingerprint density at radius 3 is 2.81 bits per heavy atom. The number of likely N-dealkylation sites (N-methyl/N-ethyl adjacent to an activating group) is 1. The average Bonchev–Trinajstić information content (AvgIpc) is 2.16. The van der Waals surface area contributed by atoms with E-state index in [1.807, 2.05) is 19.0 Å². The van der Waals surface area contributed by atoms with E-state index in [0.29, 0.717) is 6.61 Å². The molecule has 6 nitrogen and oxygen atoms in total. The number of rotatable bonds is 5. The SMILES string of the molecule is CN(C)CCOc1cc(Cl)c([N+](=O)[O-])cn1. The highest BCUT2D eigenvalue weighted by Gasteiger charge is 2.13. The van der Waals surface area contributed by atoms with Crippen LogP contribution in [-0.2, 0) is 0 Å². The lowest BCUT2D eigenvalue weighted by molar-refractivity contribution is -0.385. The number of nitrogens with zero attached hydrogens (tertiary/aromatic N) is 3. The lowest BCUT2D eigenvalue weighted by Gasteiger charge is -2.10. The maximum Gasteiger partial charge on any atom is 0.306 e. The predicted octanol–water partition coefficient (Wildman–Crippen LogP) is 1.58. The Morgan fingerprint density at radius 2 is 2.31 bits per heavy atom. The van der Waals surface area contributed by atoms with Gasteiger partial charge in [-0.3, -0.25) is 10.1 Å². The first kappa shape index (κ1) is 12.7. The van der Waals surface area contributed by atoms with Crippen LogP contribution < -0.4 is 4.74 Å². The number of hydrogen-bond acceptors (Lipinski definition) is 5. The van der Waals surface area contributed by atoms with Gasteiger partial charge in [-0.2, -0.15) is 0 Å². The Kier molecular flexibility index (Phi) is 4.45. The van der Waals surface area contributed by atoms with Crippen LogP contribution in [0.15, 0.2) is 12.3 Å². The normalized spacial score (nSPS) is 10.5. The molecule has 0 unspecified atom stereocenters. The van der Waals surface area contributed by atoms with E-state index in [4.69, 9.17) is 16.3 Å². The van der Waals surface area contributed by atoms with Gasteiger partial charge in [0.2, 0.25) is 5.88 Å². The molecule has 0 fully saturated rings. The summed E-state index contributed by atoms with van der Waals surface area (Å²) in [5.74, 6) is 0.289. The monoisotopic (exact) mass is 245 g/mol. The van der Waals surface area contributed by atoms with E-state index >= 15 is 0 Å². The van der Waals surface area contributed by atoms with Crippen LogP contribution in [0.4, 0.5) is 5.69 Å². The standard InChI is InChI=1S/C9H12ClN3O3/c1-12(2)3-4-16-9-5-7(10)8(6-11-9)13(14)15/h5-6H,3-4H2,1-2H3. The fourth-order valence-corrected chi connectivity index (χ4v) is 1.16. The molecule has 0 atom stereocenters. The van der Waals surface area contributed by atoms with E-state index in [2.05, 4.69) is 4.98 Å².